The lowest BCUT2D eigenvalue weighted by Crippen LogP contribution is -2.21. The lowest BCUT2D eigenvalue weighted by atomic mass is 10.0. The number of rotatable bonds is 4. The van der Waals surface area contributed by atoms with E-state index in [1.165, 1.54) is 0 Å². The number of aryl methyl sites for hydroxylation is 2. The molecule has 0 saturated carbocycles. The molecule has 0 bridgehead atoms. The topological polar surface area (TPSA) is 29.9 Å². The Hall–Kier alpha value is -0.720. The third-order valence-corrected chi connectivity index (χ3v) is 5.01. The third-order valence-electron chi connectivity index (χ3n) is 3.36. The lowest BCUT2D eigenvalue weighted by Gasteiger charge is -2.18. The molecule has 0 aliphatic rings. The lowest BCUT2D eigenvalue weighted by molar-refractivity contribution is 0.516. The van der Waals surface area contributed by atoms with Gasteiger partial charge in [0.25, 0.3) is 0 Å². The number of hydrogen-bond acceptors (Lipinski definition) is 2. The first-order valence-corrected chi connectivity index (χ1v) is 7.83. The molecule has 0 fully saturated rings. The minimum Gasteiger partial charge on any atom is -0.313 e. The van der Waals surface area contributed by atoms with Gasteiger partial charge in [-0.15, -0.1) is 0 Å². The Morgan fingerprint density at radius 3 is 2.65 bits per heavy atom. The van der Waals surface area contributed by atoms with Crippen molar-refractivity contribution in [3.05, 3.63) is 49.9 Å². The molecule has 1 heterocycles. The molecule has 2 aromatic rings. The van der Waals surface area contributed by atoms with Gasteiger partial charge in [-0.3, -0.25) is 4.68 Å². The zero-order valence-electron chi connectivity index (χ0n) is 11.5. The van der Waals surface area contributed by atoms with Crippen LogP contribution in [0, 0.1) is 12.7 Å². The Balaban J connectivity index is 2.36. The normalized spacial score (nSPS) is 12.7. The average molecular weight is 405 g/mol. The van der Waals surface area contributed by atoms with Gasteiger partial charge in [0.2, 0.25) is 0 Å². The summed E-state index contributed by atoms with van der Waals surface area (Å²) >= 11 is 6.78. The molecule has 1 unspecified atom stereocenters. The van der Waals surface area contributed by atoms with E-state index in [4.69, 9.17) is 0 Å². The van der Waals surface area contributed by atoms with Crippen LogP contribution in [0.3, 0.4) is 0 Å². The highest BCUT2D eigenvalue weighted by Gasteiger charge is 2.20. The summed E-state index contributed by atoms with van der Waals surface area (Å²) in [6.07, 6.45) is 0.655. The fourth-order valence-corrected chi connectivity index (χ4v) is 3.13. The third kappa shape index (κ3) is 2.97. The van der Waals surface area contributed by atoms with Gasteiger partial charge in [0.15, 0.2) is 0 Å². The zero-order chi connectivity index (χ0) is 14.9. The molecule has 0 spiro atoms. The molecular weight excluding hydrogens is 389 g/mol. The monoisotopic (exact) mass is 403 g/mol. The minimum absolute atomic E-state index is 0.112. The molecule has 0 aliphatic carbocycles. The van der Waals surface area contributed by atoms with E-state index in [0.717, 1.165) is 15.9 Å². The van der Waals surface area contributed by atoms with Crippen molar-refractivity contribution >= 4 is 31.9 Å². The molecule has 0 aliphatic heterocycles. The van der Waals surface area contributed by atoms with E-state index in [-0.39, 0.29) is 11.9 Å². The number of nitrogens with one attached hydrogen (secondary N) is 1. The summed E-state index contributed by atoms with van der Waals surface area (Å²) in [6, 6.07) is 5.24. The molecule has 6 heteroatoms. The van der Waals surface area contributed by atoms with Gasteiger partial charge >= 0.3 is 0 Å². The molecule has 0 amide bonds. The molecule has 108 valence electrons. The predicted octanol–water partition coefficient (Wildman–Crippen LogP) is 3.90. The van der Waals surface area contributed by atoms with Crippen molar-refractivity contribution in [2.24, 2.45) is 7.05 Å². The van der Waals surface area contributed by atoms with Crippen molar-refractivity contribution in [3.8, 4) is 0 Å². The number of nitrogens with zero attached hydrogens (tertiary/aromatic N) is 2. The molecule has 1 N–H and O–H groups in total. The van der Waals surface area contributed by atoms with Gasteiger partial charge < -0.3 is 5.32 Å². The summed E-state index contributed by atoms with van der Waals surface area (Å²) in [7, 11) is 3.74. The fraction of sp³-hybridized carbons (Fsp3) is 0.357. The van der Waals surface area contributed by atoms with Crippen molar-refractivity contribution in [1.82, 2.24) is 15.1 Å². The van der Waals surface area contributed by atoms with Crippen LogP contribution < -0.4 is 5.32 Å². The largest absolute Gasteiger partial charge is 0.313 e. The smallest absolute Gasteiger partial charge is 0.142 e. The molecule has 1 aromatic carbocycles. The second-order valence-electron chi connectivity index (χ2n) is 4.66. The Kier molecular flexibility index (Phi) is 4.99. The highest BCUT2D eigenvalue weighted by molar-refractivity contribution is 9.10. The van der Waals surface area contributed by atoms with Crippen LogP contribution >= 0.6 is 31.9 Å². The van der Waals surface area contributed by atoms with Gasteiger partial charge in [-0.05, 0) is 51.9 Å². The second kappa shape index (κ2) is 6.37. The van der Waals surface area contributed by atoms with Crippen LogP contribution in [0.1, 0.15) is 23.0 Å². The summed E-state index contributed by atoms with van der Waals surface area (Å²) < 4.78 is 17.5. The molecule has 20 heavy (non-hydrogen) atoms. The number of halogens is 3. The van der Waals surface area contributed by atoms with Gasteiger partial charge in [-0.2, -0.15) is 5.10 Å². The number of hydrogen-bond donors (Lipinski definition) is 1. The van der Waals surface area contributed by atoms with Gasteiger partial charge in [-0.25, -0.2) is 4.39 Å². The number of aromatic nitrogens is 2. The maximum absolute atomic E-state index is 14.2. The highest BCUT2D eigenvalue weighted by Crippen LogP contribution is 2.29. The van der Waals surface area contributed by atoms with Crippen molar-refractivity contribution in [2.45, 2.75) is 19.4 Å². The molecule has 1 atom stereocenters. The van der Waals surface area contributed by atoms with Crippen LogP contribution in [-0.2, 0) is 13.5 Å². The summed E-state index contributed by atoms with van der Waals surface area (Å²) in [5, 5.41) is 7.55. The Labute approximate surface area is 134 Å². The van der Waals surface area contributed by atoms with Crippen LogP contribution in [0.5, 0.6) is 0 Å². The van der Waals surface area contributed by atoms with Crippen molar-refractivity contribution < 1.29 is 4.39 Å². The van der Waals surface area contributed by atoms with E-state index >= 15 is 0 Å². The number of likely N-dealkylation sites (N-methyl/N-ethyl adjacent to an activating group) is 1. The fourth-order valence-electron chi connectivity index (χ4n) is 2.25. The first-order chi connectivity index (χ1) is 9.45. The quantitative estimate of drug-likeness (QED) is 0.837. The van der Waals surface area contributed by atoms with Gasteiger partial charge in [-0.1, -0.05) is 12.1 Å². The van der Waals surface area contributed by atoms with E-state index in [2.05, 4.69) is 42.3 Å². The van der Waals surface area contributed by atoms with Crippen LogP contribution in [-0.4, -0.2) is 16.8 Å². The SMILES string of the molecule is CNC(Cc1c(Br)c(C)nn1C)c1cccc(Br)c1F. The molecule has 2 rings (SSSR count). The molecular formula is C14H16Br2FN3. The Morgan fingerprint density at radius 2 is 2.10 bits per heavy atom. The zero-order valence-corrected chi connectivity index (χ0v) is 14.7. The van der Waals surface area contributed by atoms with Crippen LogP contribution in [0.25, 0.3) is 0 Å². The standard InChI is InChI=1S/C14H16Br2FN3/c1-8-13(16)12(20(3)19-8)7-11(18-2)9-5-4-6-10(15)14(9)17/h4-6,11,18H,7H2,1-3H3. The van der Waals surface area contributed by atoms with E-state index < -0.39 is 0 Å². The average Bonchev–Trinajstić information content (AvgIpc) is 2.65. The van der Waals surface area contributed by atoms with Crippen LogP contribution in [0.4, 0.5) is 4.39 Å². The molecule has 3 nitrogen and oxygen atoms in total. The maximum Gasteiger partial charge on any atom is 0.142 e. The summed E-state index contributed by atoms with van der Waals surface area (Å²) in [4.78, 5) is 0. The highest BCUT2D eigenvalue weighted by atomic mass is 79.9. The minimum atomic E-state index is -0.220. The van der Waals surface area contributed by atoms with Gasteiger partial charge in [0.1, 0.15) is 5.82 Å². The second-order valence-corrected chi connectivity index (χ2v) is 6.31. The Bertz CT molecular complexity index is 625. The Morgan fingerprint density at radius 1 is 1.40 bits per heavy atom. The van der Waals surface area contributed by atoms with Crippen molar-refractivity contribution in [2.75, 3.05) is 7.05 Å². The van der Waals surface area contributed by atoms with Crippen molar-refractivity contribution in [1.29, 1.82) is 0 Å². The molecule has 0 saturated heterocycles. The van der Waals surface area contributed by atoms with E-state index in [1.54, 1.807) is 12.1 Å². The molecule has 0 radical (unpaired) electrons. The summed E-state index contributed by atoms with van der Waals surface area (Å²) in [5.74, 6) is -0.220. The first kappa shape index (κ1) is 15.7. The molecule has 1 aromatic heterocycles. The van der Waals surface area contributed by atoms with Crippen LogP contribution in [0.2, 0.25) is 0 Å². The van der Waals surface area contributed by atoms with Gasteiger partial charge in [0, 0.05) is 25.1 Å². The van der Waals surface area contributed by atoms with Crippen molar-refractivity contribution in [3.63, 3.8) is 0 Å². The van der Waals surface area contributed by atoms with E-state index in [9.17, 15) is 4.39 Å². The summed E-state index contributed by atoms with van der Waals surface area (Å²) in [6.45, 7) is 1.95. The van der Waals surface area contributed by atoms with Crippen LogP contribution in [0.15, 0.2) is 27.1 Å². The predicted molar refractivity (Wildman–Crippen MR) is 85.2 cm³/mol. The number of benzene rings is 1. The van der Waals surface area contributed by atoms with E-state index in [1.807, 2.05) is 31.8 Å². The maximum atomic E-state index is 14.2. The van der Waals surface area contributed by atoms with Gasteiger partial charge in [0.05, 0.1) is 20.3 Å². The van der Waals surface area contributed by atoms with E-state index in [0.29, 0.717) is 16.5 Å². The first-order valence-electron chi connectivity index (χ1n) is 6.24. The summed E-state index contributed by atoms with van der Waals surface area (Å²) in [5.41, 5.74) is 2.63.